The van der Waals surface area contributed by atoms with Gasteiger partial charge in [-0.1, -0.05) is 6.07 Å². The smallest absolute Gasteiger partial charge is 0.0931 e. The lowest BCUT2D eigenvalue weighted by Gasteiger charge is -2.19. The molecule has 0 aliphatic heterocycles. The highest BCUT2D eigenvalue weighted by molar-refractivity contribution is 5.74. The fraction of sp³-hybridized carbons (Fsp3) is 0.417. The van der Waals surface area contributed by atoms with E-state index in [9.17, 15) is 5.11 Å². The molecule has 0 saturated carbocycles. The highest BCUT2D eigenvalue weighted by Crippen LogP contribution is 2.12. The topological polar surface area (TPSA) is 72.4 Å². The molecule has 5 nitrogen and oxygen atoms in total. The first-order valence-corrected chi connectivity index (χ1v) is 5.58. The quantitative estimate of drug-likeness (QED) is 0.699. The Morgan fingerprint density at radius 1 is 1.47 bits per heavy atom. The third-order valence-electron chi connectivity index (χ3n) is 2.67. The molecule has 2 rings (SSSR count). The predicted molar refractivity (Wildman–Crippen MR) is 65.5 cm³/mol. The molecular weight excluding hydrogens is 218 g/mol. The molecule has 1 heterocycles. The number of hydrogen-bond donors (Lipinski definition) is 3. The molecular formula is C12H17N3O2. The number of rotatable bonds is 5. The van der Waals surface area contributed by atoms with Gasteiger partial charge >= 0.3 is 0 Å². The van der Waals surface area contributed by atoms with Gasteiger partial charge in [-0.3, -0.25) is 4.90 Å². The Morgan fingerprint density at radius 2 is 2.29 bits per heavy atom. The molecule has 5 heteroatoms. The Hall–Kier alpha value is -1.43. The average molecular weight is 235 g/mol. The van der Waals surface area contributed by atoms with E-state index < -0.39 is 6.10 Å². The van der Waals surface area contributed by atoms with Crippen molar-refractivity contribution in [3.05, 3.63) is 30.1 Å². The lowest BCUT2D eigenvalue weighted by molar-refractivity contribution is 0.0648. The van der Waals surface area contributed by atoms with Crippen LogP contribution in [0.3, 0.4) is 0 Å². The maximum atomic E-state index is 9.34. The van der Waals surface area contributed by atoms with Crippen LogP contribution in [-0.4, -0.2) is 51.4 Å². The summed E-state index contributed by atoms with van der Waals surface area (Å²) in [4.78, 5) is 9.20. The van der Waals surface area contributed by atoms with Crippen LogP contribution >= 0.6 is 0 Å². The fourth-order valence-electron chi connectivity index (χ4n) is 1.87. The van der Waals surface area contributed by atoms with Crippen LogP contribution in [0.4, 0.5) is 0 Å². The van der Waals surface area contributed by atoms with Crippen molar-refractivity contribution in [2.45, 2.75) is 12.6 Å². The maximum absolute atomic E-state index is 9.34. The first-order chi connectivity index (χ1) is 8.19. The molecule has 1 aromatic heterocycles. The van der Waals surface area contributed by atoms with Gasteiger partial charge in [-0.2, -0.15) is 0 Å². The Kier molecular flexibility index (Phi) is 3.73. The van der Waals surface area contributed by atoms with Gasteiger partial charge in [-0.25, -0.2) is 4.98 Å². The Bertz CT molecular complexity index is 483. The van der Waals surface area contributed by atoms with Crippen molar-refractivity contribution < 1.29 is 10.2 Å². The SMILES string of the molecule is CN(Cc1ccc2nc[nH]c2c1)CC(O)CO. The van der Waals surface area contributed by atoms with Crippen molar-refractivity contribution in [2.24, 2.45) is 0 Å². The minimum absolute atomic E-state index is 0.204. The van der Waals surface area contributed by atoms with E-state index in [4.69, 9.17) is 5.11 Å². The van der Waals surface area contributed by atoms with Gasteiger partial charge in [0.1, 0.15) is 0 Å². The van der Waals surface area contributed by atoms with Gasteiger partial charge in [0.25, 0.3) is 0 Å². The van der Waals surface area contributed by atoms with Crippen LogP contribution in [0.15, 0.2) is 24.5 Å². The summed E-state index contributed by atoms with van der Waals surface area (Å²) < 4.78 is 0. The van der Waals surface area contributed by atoms with Gasteiger partial charge in [0.05, 0.1) is 30.1 Å². The van der Waals surface area contributed by atoms with E-state index in [1.165, 1.54) is 0 Å². The van der Waals surface area contributed by atoms with E-state index in [0.29, 0.717) is 6.54 Å². The van der Waals surface area contributed by atoms with Gasteiger partial charge in [0, 0.05) is 13.1 Å². The van der Waals surface area contributed by atoms with Crippen LogP contribution in [0.1, 0.15) is 5.56 Å². The van der Waals surface area contributed by atoms with Crippen LogP contribution in [0.5, 0.6) is 0 Å². The number of aliphatic hydroxyl groups is 2. The monoisotopic (exact) mass is 235 g/mol. The molecule has 0 aliphatic carbocycles. The average Bonchev–Trinajstić information content (AvgIpc) is 2.75. The molecule has 1 unspecified atom stereocenters. The van der Waals surface area contributed by atoms with E-state index in [0.717, 1.165) is 23.1 Å². The van der Waals surface area contributed by atoms with Crippen molar-refractivity contribution in [2.75, 3.05) is 20.2 Å². The van der Waals surface area contributed by atoms with Crippen LogP contribution < -0.4 is 0 Å². The molecule has 3 N–H and O–H groups in total. The summed E-state index contributed by atoms with van der Waals surface area (Å²) in [6.07, 6.45) is 0.990. The summed E-state index contributed by atoms with van der Waals surface area (Å²) in [6, 6.07) is 6.03. The number of H-pyrrole nitrogens is 1. The molecule has 0 aliphatic rings. The van der Waals surface area contributed by atoms with E-state index in [-0.39, 0.29) is 6.61 Å². The minimum Gasteiger partial charge on any atom is -0.394 e. The van der Waals surface area contributed by atoms with Crippen molar-refractivity contribution >= 4 is 11.0 Å². The Labute approximate surface area is 99.7 Å². The van der Waals surface area contributed by atoms with Gasteiger partial charge in [-0.15, -0.1) is 0 Å². The molecule has 1 aromatic carbocycles. The number of imidazole rings is 1. The second-order valence-electron chi connectivity index (χ2n) is 4.29. The minimum atomic E-state index is -0.684. The maximum Gasteiger partial charge on any atom is 0.0931 e. The van der Waals surface area contributed by atoms with E-state index in [2.05, 4.69) is 9.97 Å². The van der Waals surface area contributed by atoms with Crippen molar-refractivity contribution in [1.29, 1.82) is 0 Å². The number of aromatic amines is 1. The predicted octanol–water partition coefficient (Wildman–Crippen LogP) is 0.348. The molecule has 0 saturated heterocycles. The number of benzene rings is 1. The summed E-state index contributed by atoms with van der Waals surface area (Å²) in [5, 5.41) is 18.1. The molecule has 92 valence electrons. The number of likely N-dealkylation sites (N-methyl/N-ethyl adjacent to an activating group) is 1. The van der Waals surface area contributed by atoms with E-state index in [1.54, 1.807) is 6.33 Å². The zero-order chi connectivity index (χ0) is 12.3. The van der Waals surface area contributed by atoms with Crippen LogP contribution in [0, 0.1) is 0 Å². The molecule has 1 atom stereocenters. The molecule has 0 spiro atoms. The summed E-state index contributed by atoms with van der Waals surface area (Å²) in [6.45, 7) is 0.980. The zero-order valence-electron chi connectivity index (χ0n) is 9.80. The molecule has 0 amide bonds. The third-order valence-corrected chi connectivity index (χ3v) is 2.67. The summed E-state index contributed by atoms with van der Waals surface area (Å²) in [5.41, 5.74) is 3.11. The normalized spacial score (nSPS) is 13.4. The van der Waals surface area contributed by atoms with Gasteiger partial charge < -0.3 is 15.2 Å². The highest BCUT2D eigenvalue weighted by Gasteiger charge is 2.07. The van der Waals surface area contributed by atoms with Gasteiger partial charge in [0.2, 0.25) is 0 Å². The first-order valence-electron chi connectivity index (χ1n) is 5.58. The van der Waals surface area contributed by atoms with Crippen LogP contribution in [0.2, 0.25) is 0 Å². The van der Waals surface area contributed by atoms with Gasteiger partial charge in [-0.05, 0) is 24.7 Å². The fourth-order valence-corrected chi connectivity index (χ4v) is 1.87. The second-order valence-corrected chi connectivity index (χ2v) is 4.29. The number of fused-ring (bicyclic) bond motifs is 1. The lowest BCUT2D eigenvalue weighted by atomic mass is 10.2. The third kappa shape index (κ3) is 3.03. The van der Waals surface area contributed by atoms with Crippen molar-refractivity contribution in [1.82, 2.24) is 14.9 Å². The van der Waals surface area contributed by atoms with Crippen LogP contribution in [0.25, 0.3) is 11.0 Å². The number of aromatic nitrogens is 2. The lowest BCUT2D eigenvalue weighted by Crippen LogP contribution is -2.30. The Balaban J connectivity index is 2.02. The standard InChI is InChI=1S/C12H17N3O2/c1-15(6-10(17)7-16)5-9-2-3-11-12(4-9)14-8-13-11/h2-4,8,10,16-17H,5-7H2,1H3,(H,13,14). The largest absolute Gasteiger partial charge is 0.394 e. The van der Waals surface area contributed by atoms with Crippen molar-refractivity contribution in [3.8, 4) is 0 Å². The second kappa shape index (κ2) is 5.27. The number of nitrogens with one attached hydrogen (secondary N) is 1. The highest BCUT2D eigenvalue weighted by atomic mass is 16.3. The summed E-state index contributed by atoms with van der Waals surface area (Å²) in [7, 11) is 1.91. The summed E-state index contributed by atoms with van der Waals surface area (Å²) in [5.74, 6) is 0. The molecule has 0 bridgehead atoms. The molecule has 17 heavy (non-hydrogen) atoms. The Morgan fingerprint density at radius 3 is 3.06 bits per heavy atom. The number of nitrogens with zero attached hydrogens (tertiary/aromatic N) is 2. The summed E-state index contributed by atoms with van der Waals surface area (Å²) >= 11 is 0. The van der Waals surface area contributed by atoms with E-state index in [1.807, 2.05) is 30.1 Å². The van der Waals surface area contributed by atoms with Gasteiger partial charge in [0.15, 0.2) is 0 Å². The number of aliphatic hydroxyl groups excluding tert-OH is 2. The molecule has 0 fully saturated rings. The first kappa shape index (κ1) is 12.0. The van der Waals surface area contributed by atoms with E-state index >= 15 is 0 Å². The molecule has 2 aromatic rings. The number of hydrogen-bond acceptors (Lipinski definition) is 4. The van der Waals surface area contributed by atoms with Crippen molar-refractivity contribution in [3.63, 3.8) is 0 Å². The molecule has 0 radical (unpaired) electrons. The zero-order valence-corrected chi connectivity index (χ0v) is 9.80. The van der Waals surface area contributed by atoms with Crippen LogP contribution in [-0.2, 0) is 6.54 Å².